The van der Waals surface area contributed by atoms with Crippen LogP contribution in [0.15, 0.2) is 18.5 Å². The van der Waals surface area contributed by atoms with Gasteiger partial charge in [0.05, 0.1) is 6.20 Å². The standard InChI is InChI=1S/C9H11N3/c1-6(2)8-5-10-9-7(8)3-4-11-12-9/h3-6H,1-2H3,(H,10,12). The Morgan fingerprint density at radius 1 is 1.42 bits per heavy atom. The fraction of sp³-hybridized carbons (Fsp3) is 0.333. The smallest absolute Gasteiger partial charge is 0.160 e. The Bertz CT molecular complexity index is 389. The highest BCUT2D eigenvalue weighted by Gasteiger charge is 2.06. The van der Waals surface area contributed by atoms with Crippen molar-refractivity contribution in [2.45, 2.75) is 19.8 Å². The first-order valence-electron chi connectivity index (χ1n) is 4.07. The summed E-state index contributed by atoms with van der Waals surface area (Å²) in [5.74, 6) is 0.531. The summed E-state index contributed by atoms with van der Waals surface area (Å²) in [7, 11) is 0. The van der Waals surface area contributed by atoms with E-state index in [-0.39, 0.29) is 0 Å². The van der Waals surface area contributed by atoms with Gasteiger partial charge in [0.2, 0.25) is 0 Å². The van der Waals surface area contributed by atoms with E-state index >= 15 is 0 Å². The lowest BCUT2D eigenvalue weighted by Gasteiger charge is -1.99. The maximum absolute atomic E-state index is 3.98. The van der Waals surface area contributed by atoms with E-state index in [1.165, 1.54) is 10.9 Å². The van der Waals surface area contributed by atoms with E-state index in [0.29, 0.717) is 5.92 Å². The van der Waals surface area contributed by atoms with E-state index in [2.05, 4.69) is 29.0 Å². The highest BCUT2D eigenvalue weighted by molar-refractivity contribution is 5.79. The lowest BCUT2D eigenvalue weighted by Crippen LogP contribution is -1.84. The second-order valence-corrected chi connectivity index (χ2v) is 3.19. The quantitative estimate of drug-likeness (QED) is 0.695. The lowest BCUT2D eigenvalue weighted by atomic mass is 10.0. The van der Waals surface area contributed by atoms with Crippen LogP contribution >= 0.6 is 0 Å². The summed E-state index contributed by atoms with van der Waals surface area (Å²) in [5.41, 5.74) is 2.18. The van der Waals surface area contributed by atoms with Crippen LogP contribution in [-0.2, 0) is 0 Å². The second-order valence-electron chi connectivity index (χ2n) is 3.19. The van der Waals surface area contributed by atoms with Crippen molar-refractivity contribution in [1.82, 2.24) is 15.2 Å². The molecule has 3 nitrogen and oxygen atoms in total. The number of fused-ring (bicyclic) bond motifs is 1. The van der Waals surface area contributed by atoms with Gasteiger partial charge in [-0.15, -0.1) is 5.10 Å². The number of hydrogen-bond donors (Lipinski definition) is 1. The molecule has 0 aromatic carbocycles. The van der Waals surface area contributed by atoms with Crippen molar-refractivity contribution in [3.63, 3.8) is 0 Å². The first-order valence-corrected chi connectivity index (χ1v) is 4.07. The largest absolute Gasteiger partial charge is 0.344 e. The van der Waals surface area contributed by atoms with Crippen LogP contribution in [0.1, 0.15) is 25.3 Å². The molecule has 0 saturated carbocycles. The second kappa shape index (κ2) is 2.59. The third-order valence-electron chi connectivity index (χ3n) is 2.02. The Morgan fingerprint density at radius 3 is 3.00 bits per heavy atom. The van der Waals surface area contributed by atoms with Crippen molar-refractivity contribution in [3.8, 4) is 0 Å². The van der Waals surface area contributed by atoms with Crippen LogP contribution < -0.4 is 0 Å². The van der Waals surface area contributed by atoms with Crippen LogP contribution in [0, 0.1) is 0 Å². The van der Waals surface area contributed by atoms with Crippen LogP contribution in [0.25, 0.3) is 11.0 Å². The molecule has 1 N–H and O–H groups in total. The van der Waals surface area contributed by atoms with Crippen molar-refractivity contribution < 1.29 is 0 Å². The van der Waals surface area contributed by atoms with Crippen molar-refractivity contribution in [2.75, 3.05) is 0 Å². The van der Waals surface area contributed by atoms with E-state index in [4.69, 9.17) is 0 Å². The minimum Gasteiger partial charge on any atom is -0.344 e. The minimum absolute atomic E-state index is 0.531. The fourth-order valence-electron chi connectivity index (χ4n) is 1.37. The molecule has 0 radical (unpaired) electrons. The molecule has 0 aliphatic rings. The molecule has 0 fully saturated rings. The third kappa shape index (κ3) is 0.978. The zero-order valence-corrected chi connectivity index (χ0v) is 7.20. The van der Waals surface area contributed by atoms with Gasteiger partial charge < -0.3 is 4.98 Å². The van der Waals surface area contributed by atoms with Crippen molar-refractivity contribution in [3.05, 3.63) is 24.0 Å². The van der Waals surface area contributed by atoms with Gasteiger partial charge in [-0.25, -0.2) is 0 Å². The van der Waals surface area contributed by atoms with Gasteiger partial charge in [0.15, 0.2) is 5.65 Å². The molecule has 0 spiro atoms. The molecular weight excluding hydrogens is 150 g/mol. The van der Waals surface area contributed by atoms with Gasteiger partial charge in [-0.1, -0.05) is 13.8 Å². The molecule has 3 heteroatoms. The maximum atomic E-state index is 3.98. The van der Waals surface area contributed by atoms with Gasteiger partial charge in [0.25, 0.3) is 0 Å². The zero-order valence-electron chi connectivity index (χ0n) is 7.20. The van der Waals surface area contributed by atoms with E-state index in [9.17, 15) is 0 Å². The average molecular weight is 161 g/mol. The Kier molecular flexibility index (Phi) is 1.57. The number of nitrogens with one attached hydrogen (secondary N) is 1. The molecular formula is C9H11N3. The highest BCUT2D eigenvalue weighted by Crippen LogP contribution is 2.22. The minimum atomic E-state index is 0.531. The highest BCUT2D eigenvalue weighted by atomic mass is 15.1. The summed E-state index contributed by atoms with van der Waals surface area (Å²) < 4.78 is 0. The average Bonchev–Trinajstić information content (AvgIpc) is 2.47. The van der Waals surface area contributed by atoms with Gasteiger partial charge in [0, 0.05) is 11.6 Å². The zero-order chi connectivity index (χ0) is 8.55. The number of aromatic nitrogens is 3. The van der Waals surface area contributed by atoms with Gasteiger partial charge >= 0.3 is 0 Å². The van der Waals surface area contributed by atoms with Gasteiger partial charge in [-0.2, -0.15) is 5.10 Å². The van der Waals surface area contributed by atoms with Gasteiger partial charge in [-0.05, 0) is 17.5 Å². The Morgan fingerprint density at radius 2 is 2.25 bits per heavy atom. The molecule has 0 bridgehead atoms. The summed E-state index contributed by atoms with van der Waals surface area (Å²) in [6.45, 7) is 4.34. The molecule has 0 aliphatic carbocycles. The van der Waals surface area contributed by atoms with Crippen LogP contribution in [0.5, 0.6) is 0 Å². The lowest BCUT2D eigenvalue weighted by molar-refractivity contribution is 0.875. The summed E-state index contributed by atoms with van der Waals surface area (Å²) in [6, 6.07) is 1.99. The predicted octanol–water partition coefficient (Wildman–Crippen LogP) is 2.08. The molecule has 2 aromatic heterocycles. The predicted molar refractivity (Wildman–Crippen MR) is 48.0 cm³/mol. The number of aromatic amines is 1. The molecule has 0 unspecified atom stereocenters. The van der Waals surface area contributed by atoms with Gasteiger partial charge in [-0.3, -0.25) is 0 Å². The Hall–Kier alpha value is -1.38. The molecule has 0 amide bonds. The first kappa shape index (κ1) is 7.28. The molecule has 2 aromatic rings. The Balaban J connectivity index is 2.70. The molecule has 2 rings (SSSR count). The van der Waals surface area contributed by atoms with Crippen LogP contribution in [0.3, 0.4) is 0 Å². The normalized spacial score (nSPS) is 11.2. The van der Waals surface area contributed by atoms with E-state index in [1.54, 1.807) is 6.20 Å². The number of H-pyrrole nitrogens is 1. The van der Waals surface area contributed by atoms with E-state index < -0.39 is 0 Å². The summed E-state index contributed by atoms with van der Waals surface area (Å²) in [5, 5.41) is 8.96. The number of nitrogens with zero attached hydrogens (tertiary/aromatic N) is 2. The molecule has 2 heterocycles. The van der Waals surface area contributed by atoms with E-state index in [1.807, 2.05) is 12.3 Å². The summed E-state index contributed by atoms with van der Waals surface area (Å²) in [6.07, 6.45) is 3.73. The SMILES string of the molecule is CC(C)c1c[nH]c2nnccc12. The topological polar surface area (TPSA) is 41.6 Å². The molecule has 12 heavy (non-hydrogen) atoms. The summed E-state index contributed by atoms with van der Waals surface area (Å²) in [4.78, 5) is 3.10. The molecule has 62 valence electrons. The molecule has 0 atom stereocenters. The van der Waals surface area contributed by atoms with Crippen molar-refractivity contribution >= 4 is 11.0 Å². The number of hydrogen-bond acceptors (Lipinski definition) is 2. The van der Waals surface area contributed by atoms with Crippen LogP contribution in [-0.4, -0.2) is 15.2 Å². The Labute approximate surface area is 70.8 Å². The third-order valence-corrected chi connectivity index (χ3v) is 2.02. The number of rotatable bonds is 1. The summed E-state index contributed by atoms with van der Waals surface area (Å²) >= 11 is 0. The maximum Gasteiger partial charge on any atom is 0.160 e. The van der Waals surface area contributed by atoms with Crippen molar-refractivity contribution in [1.29, 1.82) is 0 Å². The van der Waals surface area contributed by atoms with Gasteiger partial charge in [0.1, 0.15) is 0 Å². The van der Waals surface area contributed by atoms with Crippen LogP contribution in [0.2, 0.25) is 0 Å². The fourth-order valence-corrected chi connectivity index (χ4v) is 1.37. The monoisotopic (exact) mass is 161 g/mol. The van der Waals surface area contributed by atoms with E-state index in [0.717, 1.165) is 5.65 Å². The van der Waals surface area contributed by atoms with Crippen LogP contribution in [0.4, 0.5) is 0 Å². The molecule has 0 aliphatic heterocycles. The molecule has 0 saturated heterocycles. The first-order chi connectivity index (χ1) is 5.79. The van der Waals surface area contributed by atoms with Crippen molar-refractivity contribution in [2.24, 2.45) is 0 Å².